The molecule has 3 heterocycles. The molecule has 1 amide bonds. The number of carbonyl (C=O) groups is 2. The van der Waals surface area contributed by atoms with E-state index in [1.165, 1.54) is 22.7 Å². The van der Waals surface area contributed by atoms with E-state index >= 15 is 0 Å². The van der Waals surface area contributed by atoms with E-state index < -0.39 is 11.9 Å². The number of halogens is 3. The predicted molar refractivity (Wildman–Crippen MR) is 96.6 cm³/mol. The summed E-state index contributed by atoms with van der Waals surface area (Å²) in [7, 11) is 0. The summed E-state index contributed by atoms with van der Waals surface area (Å²) in [6, 6.07) is 3.67. The lowest BCUT2D eigenvalue weighted by molar-refractivity contribution is -0.141. The maximum atomic E-state index is 12.3. The molecule has 1 fully saturated rings. The first kappa shape index (κ1) is 20.2. The van der Waals surface area contributed by atoms with E-state index in [0.29, 0.717) is 23.0 Å². The first-order valence-corrected chi connectivity index (χ1v) is 8.35. The molecule has 0 saturated carbocycles. The molecule has 1 unspecified atom stereocenters. The largest absolute Gasteiger partial charge is 0.481 e. The maximum Gasteiger partial charge on any atom is 0.308 e. The molecule has 0 bridgehead atoms. The molecule has 10 heteroatoms. The Morgan fingerprint density at radius 1 is 1.35 bits per heavy atom. The number of aliphatic carboxylic acids is 1. The highest BCUT2D eigenvalue weighted by Gasteiger charge is 2.32. The summed E-state index contributed by atoms with van der Waals surface area (Å²) in [6.07, 6.45) is 0.499. The Bertz CT molecular complexity index is 704. The van der Waals surface area contributed by atoms with Gasteiger partial charge in [0.1, 0.15) is 10.7 Å². The standard InChI is InChI=1S/C13H11ClN2O3S2.2ClH/c14-10-2-1-9(21-10)11-15-8(6-20-11)12(17)16-4-3-7(5-16)13(18)19;;/h1-2,6-7H,3-5H2,(H,18,19);2*1H. The van der Waals surface area contributed by atoms with Crippen LogP contribution in [0.3, 0.4) is 0 Å². The number of aromatic nitrogens is 1. The quantitative estimate of drug-likeness (QED) is 0.825. The van der Waals surface area contributed by atoms with Crippen LogP contribution in [0.15, 0.2) is 17.5 Å². The Hall–Kier alpha value is -0.860. The monoisotopic (exact) mass is 414 g/mol. The third-order valence-corrected chi connectivity index (χ3v) is 5.57. The van der Waals surface area contributed by atoms with E-state index in [-0.39, 0.29) is 37.3 Å². The number of thiazole rings is 1. The highest BCUT2D eigenvalue weighted by atomic mass is 35.5. The Kier molecular flexibility index (Phi) is 7.29. The smallest absolute Gasteiger partial charge is 0.308 e. The lowest BCUT2D eigenvalue weighted by atomic mass is 10.1. The Balaban J connectivity index is 0.00000132. The van der Waals surface area contributed by atoms with Gasteiger partial charge in [0.05, 0.1) is 15.1 Å². The molecule has 1 aliphatic rings. The number of amides is 1. The summed E-state index contributed by atoms with van der Waals surface area (Å²) < 4.78 is 0.678. The third kappa shape index (κ3) is 4.36. The molecule has 1 atom stereocenters. The van der Waals surface area contributed by atoms with Gasteiger partial charge in [0.25, 0.3) is 5.91 Å². The topological polar surface area (TPSA) is 70.5 Å². The minimum Gasteiger partial charge on any atom is -0.481 e. The normalized spacial score (nSPS) is 16.6. The van der Waals surface area contributed by atoms with E-state index in [1.54, 1.807) is 16.3 Å². The molecule has 1 saturated heterocycles. The molecule has 1 aliphatic heterocycles. The minimum absolute atomic E-state index is 0. The van der Waals surface area contributed by atoms with Crippen molar-refractivity contribution < 1.29 is 14.7 Å². The van der Waals surface area contributed by atoms with E-state index in [0.717, 1.165) is 9.88 Å². The molecule has 2 aromatic rings. The lowest BCUT2D eigenvalue weighted by Gasteiger charge is -2.13. The average molecular weight is 416 g/mol. The fourth-order valence-corrected chi connectivity index (χ4v) is 4.13. The first-order valence-electron chi connectivity index (χ1n) is 6.28. The second-order valence-electron chi connectivity index (χ2n) is 4.72. The van der Waals surface area contributed by atoms with E-state index in [1.807, 2.05) is 6.07 Å². The van der Waals surface area contributed by atoms with Crippen LogP contribution in [0.4, 0.5) is 0 Å². The molecule has 0 aromatic carbocycles. The van der Waals surface area contributed by atoms with Crippen LogP contribution in [0.25, 0.3) is 9.88 Å². The molecule has 2 aromatic heterocycles. The number of carboxylic acids is 1. The molecular formula is C13H13Cl3N2O3S2. The molecule has 0 aliphatic carbocycles. The molecule has 0 radical (unpaired) electrons. The number of carbonyl (C=O) groups excluding carboxylic acids is 1. The second kappa shape index (κ2) is 8.30. The third-order valence-electron chi connectivity index (χ3n) is 3.33. The van der Waals surface area contributed by atoms with Gasteiger partial charge in [0, 0.05) is 18.5 Å². The zero-order valence-electron chi connectivity index (χ0n) is 11.6. The van der Waals surface area contributed by atoms with E-state index in [4.69, 9.17) is 16.7 Å². The molecule has 1 N–H and O–H groups in total. The van der Waals surface area contributed by atoms with Gasteiger partial charge in [-0.25, -0.2) is 4.98 Å². The summed E-state index contributed by atoms with van der Waals surface area (Å²) in [5.74, 6) is -1.52. The van der Waals surface area contributed by atoms with Crippen molar-refractivity contribution in [3.63, 3.8) is 0 Å². The van der Waals surface area contributed by atoms with Crippen molar-refractivity contribution in [1.29, 1.82) is 0 Å². The Labute approximate surface area is 158 Å². The van der Waals surface area contributed by atoms with Crippen molar-refractivity contribution in [1.82, 2.24) is 9.88 Å². The van der Waals surface area contributed by atoms with Gasteiger partial charge in [-0.3, -0.25) is 9.59 Å². The fraction of sp³-hybridized carbons (Fsp3) is 0.308. The first-order chi connectivity index (χ1) is 10.0. The van der Waals surface area contributed by atoms with Crippen molar-refractivity contribution in [2.45, 2.75) is 6.42 Å². The van der Waals surface area contributed by atoms with Crippen LogP contribution in [-0.2, 0) is 4.79 Å². The van der Waals surface area contributed by atoms with Crippen LogP contribution >= 0.6 is 59.1 Å². The molecule has 23 heavy (non-hydrogen) atoms. The van der Waals surface area contributed by atoms with Gasteiger partial charge >= 0.3 is 5.97 Å². The number of likely N-dealkylation sites (tertiary alicyclic amines) is 1. The summed E-state index contributed by atoms with van der Waals surface area (Å²) >= 11 is 8.69. The molecule has 0 spiro atoms. The number of rotatable bonds is 3. The highest BCUT2D eigenvalue weighted by Crippen LogP contribution is 2.33. The molecule has 3 rings (SSSR count). The van der Waals surface area contributed by atoms with Gasteiger partial charge in [-0.05, 0) is 18.6 Å². The van der Waals surface area contributed by atoms with Crippen molar-refractivity contribution in [3.05, 3.63) is 27.5 Å². The SMILES string of the molecule is Cl.Cl.O=C(O)C1CCN(C(=O)c2csc(-c3ccc(Cl)s3)n2)C1. The van der Waals surface area contributed by atoms with Crippen LogP contribution in [0.2, 0.25) is 4.34 Å². The summed E-state index contributed by atoms with van der Waals surface area (Å²) in [5, 5.41) is 11.4. The highest BCUT2D eigenvalue weighted by molar-refractivity contribution is 7.23. The summed E-state index contributed by atoms with van der Waals surface area (Å²) in [4.78, 5) is 30.1. The zero-order valence-corrected chi connectivity index (χ0v) is 15.6. The number of carboxylic acid groups (broad SMARTS) is 1. The number of thiophene rings is 1. The van der Waals surface area contributed by atoms with Crippen LogP contribution in [0.1, 0.15) is 16.9 Å². The van der Waals surface area contributed by atoms with Gasteiger partial charge in [-0.15, -0.1) is 47.5 Å². The maximum absolute atomic E-state index is 12.3. The lowest BCUT2D eigenvalue weighted by Crippen LogP contribution is -2.30. The van der Waals surface area contributed by atoms with E-state index in [9.17, 15) is 9.59 Å². The zero-order chi connectivity index (χ0) is 15.0. The average Bonchev–Trinajstić information content (AvgIpc) is 3.17. The Morgan fingerprint density at radius 2 is 2.09 bits per heavy atom. The Morgan fingerprint density at radius 3 is 2.65 bits per heavy atom. The second-order valence-corrected chi connectivity index (χ2v) is 7.29. The predicted octanol–water partition coefficient (Wildman–Crippen LogP) is 3.92. The van der Waals surface area contributed by atoms with Crippen LogP contribution in [0, 0.1) is 5.92 Å². The van der Waals surface area contributed by atoms with E-state index in [2.05, 4.69) is 4.98 Å². The summed E-state index contributed by atoms with van der Waals surface area (Å²) in [5.41, 5.74) is 0.366. The molecule has 5 nitrogen and oxygen atoms in total. The number of nitrogens with zero attached hydrogens (tertiary/aromatic N) is 2. The van der Waals surface area contributed by atoms with Gasteiger partial charge < -0.3 is 10.0 Å². The van der Waals surface area contributed by atoms with Crippen LogP contribution in [-0.4, -0.2) is 40.0 Å². The van der Waals surface area contributed by atoms with Gasteiger partial charge in [-0.2, -0.15) is 0 Å². The fourth-order valence-electron chi connectivity index (χ4n) is 2.22. The van der Waals surface area contributed by atoms with Crippen molar-refractivity contribution in [3.8, 4) is 9.88 Å². The minimum atomic E-state index is -0.850. The molecule has 126 valence electrons. The van der Waals surface area contributed by atoms with Gasteiger partial charge in [0.2, 0.25) is 0 Å². The summed E-state index contributed by atoms with van der Waals surface area (Å²) in [6.45, 7) is 0.722. The van der Waals surface area contributed by atoms with Crippen molar-refractivity contribution in [2.24, 2.45) is 5.92 Å². The number of hydrogen-bond acceptors (Lipinski definition) is 5. The van der Waals surface area contributed by atoms with Gasteiger partial charge in [0.15, 0.2) is 0 Å². The van der Waals surface area contributed by atoms with Crippen molar-refractivity contribution in [2.75, 3.05) is 13.1 Å². The van der Waals surface area contributed by atoms with Crippen LogP contribution < -0.4 is 0 Å². The number of hydrogen-bond donors (Lipinski definition) is 1. The molecular weight excluding hydrogens is 403 g/mol. The van der Waals surface area contributed by atoms with Crippen molar-refractivity contribution >= 4 is 71.0 Å². The van der Waals surface area contributed by atoms with Crippen LogP contribution in [0.5, 0.6) is 0 Å². The van der Waals surface area contributed by atoms with Gasteiger partial charge in [-0.1, -0.05) is 11.6 Å².